The third-order valence-electron chi connectivity index (χ3n) is 2.25. The molecule has 2 rings (SSSR count). The Morgan fingerprint density at radius 1 is 1.67 bits per heavy atom. The second-order valence-electron chi connectivity index (χ2n) is 3.16. The Balaban J connectivity index is 2.86. The minimum absolute atomic E-state index is 0.166. The first-order valence-electron chi connectivity index (χ1n) is 4.34. The molecule has 0 fully saturated rings. The largest absolute Gasteiger partial charge is 0.506 e. The van der Waals surface area contributed by atoms with E-state index in [4.69, 9.17) is 11.6 Å². The summed E-state index contributed by atoms with van der Waals surface area (Å²) in [6.07, 6.45) is 1.05. The summed E-state index contributed by atoms with van der Waals surface area (Å²) in [5.41, 5.74) is 1.44. The van der Waals surface area contributed by atoms with Crippen molar-refractivity contribution in [1.29, 1.82) is 0 Å². The van der Waals surface area contributed by atoms with Crippen LogP contribution in [-0.4, -0.2) is 16.4 Å². The fraction of sp³-hybridized carbons (Fsp3) is 0.200. The molecule has 0 spiro atoms. The van der Waals surface area contributed by atoms with Crippen LogP contribution in [0.5, 0.6) is 5.75 Å². The maximum Gasteiger partial charge on any atom is 0.147 e. The molecule has 0 aliphatic carbocycles. The average molecular weight is 242 g/mol. The van der Waals surface area contributed by atoms with Crippen LogP contribution in [0.2, 0.25) is 5.15 Å². The van der Waals surface area contributed by atoms with Crippen molar-refractivity contribution >= 4 is 39.3 Å². The van der Waals surface area contributed by atoms with Crippen molar-refractivity contribution in [3.05, 3.63) is 21.8 Å². The molecule has 1 N–H and O–H groups in total. The highest BCUT2D eigenvalue weighted by atomic mass is 35.5. The number of aromatic nitrogens is 1. The van der Waals surface area contributed by atoms with Crippen LogP contribution in [-0.2, 0) is 11.2 Å². The van der Waals surface area contributed by atoms with E-state index in [0.717, 1.165) is 16.5 Å². The van der Waals surface area contributed by atoms with E-state index in [0.29, 0.717) is 16.2 Å². The molecule has 0 saturated carbocycles. The highest BCUT2D eigenvalue weighted by Crippen LogP contribution is 2.38. The standard InChI is InChI=1S/C10H8ClNO2S/c1-5-6(2-3-13)8-7(14)4-15-9(8)10(11)12-5/h3-4,14H,2H2,1H3. The van der Waals surface area contributed by atoms with Gasteiger partial charge in [0.15, 0.2) is 0 Å². The highest BCUT2D eigenvalue weighted by molar-refractivity contribution is 7.18. The number of aryl methyl sites for hydroxylation is 1. The first kappa shape index (κ1) is 10.4. The summed E-state index contributed by atoms with van der Waals surface area (Å²) in [4.78, 5) is 14.7. The van der Waals surface area contributed by atoms with Crippen molar-refractivity contribution in [3.63, 3.8) is 0 Å². The number of nitrogens with zero attached hydrogens (tertiary/aromatic N) is 1. The Labute approximate surface area is 95.3 Å². The van der Waals surface area contributed by atoms with Gasteiger partial charge in [0, 0.05) is 22.9 Å². The number of hydrogen-bond donors (Lipinski definition) is 1. The van der Waals surface area contributed by atoms with Gasteiger partial charge in [0.25, 0.3) is 0 Å². The fourth-order valence-electron chi connectivity index (χ4n) is 1.57. The summed E-state index contributed by atoms with van der Waals surface area (Å²) in [7, 11) is 0. The van der Waals surface area contributed by atoms with Gasteiger partial charge in [0.1, 0.15) is 17.2 Å². The third-order valence-corrected chi connectivity index (χ3v) is 3.61. The Bertz CT molecular complexity index is 536. The van der Waals surface area contributed by atoms with Crippen LogP contribution < -0.4 is 0 Å². The zero-order valence-corrected chi connectivity index (χ0v) is 9.52. The van der Waals surface area contributed by atoms with Gasteiger partial charge in [-0.15, -0.1) is 11.3 Å². The maximum absolute atomic E-state index is 10.5. The Morgan fingerprint density at radius 3 is 3.07 bits per heavy atom. The van der Waals surface area contributed by atoms with Gasteiger partial charge in [-0.25, -0.2) is 4.98 Å². The minimum atomic E-state index is 0.166. The Hall–Kier alpha value is -1.13. The van der Waals surface area contributed by atoms with Crippen molar-refractivity contribution < 1.29 is 9.90 Å². The maximum atomic E-state index is 10.5. The zero-order chi connectivity index (χ0) is 11.0. The molecule has 5 heteroatoms. The normalized spacial score (nSPS) is 10.8. The van der Waals surface area contributed by atoms with E-state index in [1.165, 1.54) is 11.3 Å². The zero-order valence-electron chi connectivity index (χ0n) is 7.95. The molecule has 2 aromatic rings. The molecular formula is C10H8ClNO2S. The van der Waals surface area contributed by atoms with Crippen LogP contribution in [0.1, 0.15) is 11.3 Å². The molecule has 0 atom stereocenters. The van der Waals surface area contributed by atoms with Gasteiger partial charge >= 0.3 is 0 Å². The van der Waals surface area contributed by atoms with E-state index in [1.807, 2.05) is 0 Å². The van der Waals surface area contributed by atoms with Gasteiger partial charge in [-0.05, 0) is 12.5 Å². The molecule has 0 bridgehead atoms. The lowest BCUT2D eigenvalue weighted by atomic mass is 10.1. The lowest BCUT2D eigenvalue weighted by Gasteiger charge is -2.05. The summed E-state index contributed by atoms with van der Waals surface area (Å²) in [5, 5.41) is 12.3. The van der Waals surface area contributed by atoms with Gasteiger partial charge < -0.3 is 9.90 Å². The van der Waals surface area contributed by atoms with E-state index in [-0.39, 0.29) is 12.2 Å². The van der Waals surface area contributed by atoms with Crippen molar-refractivity contribution in [2.24, 2.45) is 0 Å². The predicted molar refractivity (Wildman–Crippen MR) is 60.8 cm³/mol. The smallest absolute Gasteiger partial charge is 0.147 e. The van der Waals surface area contributed by atoms with E-state index < -0.39 is 0 Å². The number of carbonyl (C=O) groups excluding carboxylic acids is 1. The second-order valence-corrected chi connectivity index (χ2v) is 4.40. The van der Waals surface area contributed by atoms with Crippen molar-refractivity contribution in [1.82, 2.24) is 4.98 Å². The molecule has 2 aromatic heterocycles. The summed E-state index contributed by atoms with van der Waals surface area (Å²) >= 11 is 7.28. The summed E-state index contributed by atoms with van der Waals surface area (Å²) in [6, 6.07) is 0. The summed E-state index contributed by atoms with van der Waals surface area (Å²) in [6.45, 7) is 1.78. The van der Waals surface area contributed by atoms with Gasteiger partial charge in [0.2, 0.25) is 0 Å². The highest BCUT2D eigenvalue weighted by Gasteiger charge is 2.14. The minimum Gasteiger partial charge on any atom is -0.506 e. The van der Waals surface area contributed by atoms with Crippen LogP contribution in [0.15, 0.2) is 5.38 Å². The summed E-state index contributed by atoms with van der Waals surface area (Å²) in [5.74, 6) is 0.166. The van der Waals surface area contributed by atoms with Crippen molar-refractivity contribution in [2.75, 3.05) is 0 Å². The van der Waals surface area contributed by atoms with Gasteiger partial charge in [-0.1, -0.05) is 11.6 Å². The number of thiophene rings is 1. The van der Waals surface area contributed by atoms with Crippen LogP contribution in [0.3, 0.4) is 0 Å². The number of aromatic hydroxyl groups is 1. The molecule has 0 aromatic carbocycles. The lowest BCUT2D eigenvalue weighted by Crippen LogP contribution is -1.95. The number of halogens is 1. The number of aldehydes is 1. The average Bonchev–Trinajstić information content (AvgIpc) is 2.56. The van der Waals surface area contributed by atoms with Crippen molar-refractivity contribution in [3.8, 4) is 5.75 Å². The van der Waals surface area contributed by atoms with Crippen LogP contribution in [0.4, 0.5) is 0 Å². The Morgan fingerprint density at radius 2 is 2.40 bits per heavy atom. The number of pyridine rings is 1. The first-order chi connectivity index (χ1) is 7.15. The van der Waals surface area contributed by atoms with Crippen LogP contribution in [0, 0.1) is 6.92 Å². The molecule has 15 heavy (non-hydrogen) atoms. The molecule has 0 aliphatic rings. The molecule has 0 saturated heterocycles. The van der Waals surface area contributed by atoms with E-state index in [2.05, 4.69) is 4.98 Å². The van der Waals surface area contributed by atoms with Crippen LogP contribution in [0.25, 0.3) is 10.1 Å². The Kier molecular flexibility index (Phi) is 2.63. The number of rotatable bonds is 2. The molecule has 2 heterocycles. The number of carbonyl (C=O) groups is 1. The topological polar surface area (TPSA) is 50.2 Å². The monoisotopic (exact) mass is 241 g/mol. The first-order valence-corrected chi connectivity index (χ1v) is 5.59. The second kappa shape index (κ2) is 3.79. The predicted octanol–water partition coefficient (Wildman–Crippen LogP) is 2.71. The van der Waals surface area contributed by atoms with Crippen LogP contribution >= 0.6 is 22.9 Å². The molecule has 0 aliphatic heterocycles. The SMILES string of the molecule is Cc1nc(Cl)c2scc(O)c2c1CC=O. The lowest BCUT2D eigenvalue weighted by molar-refractivity contribution is -0.107. The van der Waals surface area contributed by atoms with E-state index in [1.54, 1.807) is 12.3 Å². The van der Waals surface area contributed by atoms with Gasteiger partial charge in [-0.2, -0.15) is 0 Å². The van der Waals surface area contributed by atoms with E-state index in [9.17, 15) is 9.90 Å². The quantitative estimate of drug-likeness (QED) is 0.650. The molecule has 0 unspecified atom stereocenters. The molecular weight excluding hydrogens is 234 g/mol. The van der Waals surface area contributed by atoms with Gasteiger partial charge in [0.05, 0.1) is 4.70 Å². The number of hydrogen-bond acceptors (Lipinski definition) is 4. The molecule has 78 valence electrons. The number of fused-ring (bicyclic) bond motifs is 1. The fourth-order valence-corrected chi connectivity index (χ4v) is 2.76. The van der Waals surface area contributed by atoms with E-state index >= 15 is 0 Å². The van der Waals surface area contributed by atoms with Gasteiger partial charge in [-0.3, -0.25) is 0 Å². The molecule has 0 amide bonds. The third kappa shape index (κ3) is 1.60. The summed E-state index contributed by atoms with van der Waals surface area (Å²) < 4.78 is 0.733. The molecule has 3 nitrogen and oxygen atoms in total. The molecule has 0 radical (unpaired) electrons. The van der Waals surface area contributed by atoms with Crippen molar-refractivity contribution in [2.45, 2.75) is 13.3 Å².